The van der Waals surface area contributed by atoms with Crippen LogP contribution in [0.3, 0.4) is 0 Å². The van der Waals surface area contributed by atoms with E-state index in [0.29, 0.717) is 36.2 Å². The molecular formula is C21H20N2O5. The van der Waals surface area contributed by atoms with Crippen molar-refractivity contribution < 1.29 is 23.5 Å². The summed E-state index contributed by atoms with van der Waals surface area (Å²) in [6, 6.07) is 14.9. The number of aryl methyl sites for hydroxylation is 1. The van der Waals surface area contributed by atoms with Gasteiger partial charge in [0.15, 0.2) is 23.9 Å². The molecule has 0 radical (unpaired) electrons. The molecule has 2 heterocycles. The monoisotopic (exact) mass is 380 g/mol. The lowest BCUT2D eigenvalue weighted by Gasteiger charge is -2.18. The number of nitrogens with one attached hydrogen (secondary N) is 1. The zero-order valence-electron chi connectivity index (χ0n) is 15.4. The van der Waals surface area contributed by atoms with Crippen molar-refractivity contribution in [3.8, 4) is 28.6 Å². The van der Waals surface area contributed by atoms with E-state index in [2.05, 4.69) is 10.5 Å². The summed E-state index contributed by atoms with van der Waals surface area (Å²) in [6.07, 6.45) is 0. The van der Waals surface area contributed by atoms with Gasteiger partial charge in [0.05, 0.1) is 6.54 Å². The van der Waals surface area contributed by atoms with Gasteiger partial charge >= 0.3 is 0 Å². The number of carbonyl (C=O) groups is 1. The molecule has 1 aliphatic heterocycles. The highest BCUT2D eigenvalue weighted by atomic mass is 16.6. The van der Waals surface area contributed by atoms with Gasteiger partial charge in [-0.1, -0.05) is 22.9 Å². The van der Waals surface area contributed by atoms with E-state index in [9.17, 15) is 4.79 Å². The van der Waals surface area contributed by atoms with Gasteiger partial charge in [-0.2, -0.15) is 0 Å². The molecule has 0 atom stereocenters. The Morgan fingerprint density at radius 2 is 1.86 bits per heavy atom. The van der Waals surface area contributed by atoms with Gasteiger partial charge in [-0.15, -0.1) is 0 Å². The zero-order valence-corrected chi connectivity index (χ0v) is 15.4. The number of hydrogen-bond donors (Lipinski definition) is 1. The Kier molecular flexibility index (Phi) is 5.14. The molecule has 0 spiro atoms. The van der Waals surface area contributed by atoms with E-state index in [0.717, 1.165) is 16.9 Å². The predicted octanol–water partition coefficient (Wildman–Crippen LogP) is 3.12. The Morgan fingerprint density at radius 1 is 1.07 bits per heavy atom. The molecule has 0 unspecified atom stereocenters. The number of aromatic nitrogens is 1. The van der Waals surface area contributed by atoms with Crippen LogP contribution in [0.5, 0.6) is 17.2 Å². The van der Waals surface area contributed by atoms with Crippen molar-refractivity contribution in [3.63, 3.8) is 0 Å². The largest absolute Gasteiger partial charge is 0.486 e. The number of rotatable bonds is 6. The molecule has 1 aliphatic rings. The van der Waals surface area contributed by atoms with E-state index in [-0.39, 0.29) is 19.1 Å². The third kappa shape index (κ3) is 4.25. The number of fused-ring (bicyclic) bond motifs is 1. The molecule has 1 aromatic heterocycles. The molecule has 7 nitrogen and oxygen atoms in total. The quantitative estimate of drug-likeness (QED) is 0.708. The SMILES string of the molecule is Cc1ccc(OCC(=O)NCc2cc(-c3ccc4c(c3)OCCO4)on2)cc1. The minimum absolute atomic E-state index is 0.0596. The number of ether oxygens (including phenoxy) is 3. The second-order valence-electron chi connectivity index (χ2n) is 6.42. The van der Waals surface area contributed by atoms with E-state index in [1.807, 2.05) is 49.4 Å². The van der Waals surface area contributed by atoms with Gasteiger partial charge in [-0.3, -0.25) is 4.79 Å². The highest BCUT2D eigenvalue weighted by Gasteiger charge is 2.15. The minimum atomic E-state index is -0.232. The van der Waals surface area contributed by atoms with Crippen molar-refractivity contribution in [2.45, 2.75) is 13.5 Å². The number of nitrogens with zero attached hydrogens (tertiary/aromatic N) is 1. The molecule has 2 aromatic carbocycles. The maximum Gasteiger partial charge on any atom is 0.258 e. The molecule has 4 rings (SSSR count). The molecule has 1 N–H and O–H groups in total. The van der Waals surface area contributed by atoms with Gasteiger partial charge in [0.25, 0.3) is 5.91 Å². The van der Waals surface area contributed by atoms with Gasteiger partial charge < -0.3 is 24.1 Å². The van der Waals surface area contributed by atoms with Crippen LogP contribution in [-0.4, -0.2) is 30.9 Å². The van der Waals surface area contributed by atoms with Crippen LogP contribution >= 0.6 is 0 Å². The average molecular weight is 380 g/mol. The Hall–Kier alpha value is -3.48. The molecule has 0 bridgehead atoms. The summed E-state index contributed by atoms with van der Waals surface area (Å²) in [7, 11) is 0. The number of amides is 1. The van der Waals surface area contributed by atoms with Crippen molar-refractivity contribution in [3.05, 3.63) is 59.8 Å². The van der Waals surface area contributed by atoms with Crippen LogP contribution in [0.4, 0.5) is 0 Å². The predicted molar refractivity (Wildman–Crippen MR) is 101 cm³/mol. The smallest absolute Gasteiger partial charge is 0.258 e. The second-order valence-corrected chi connectivity index (χ2v) is 6.42. The molecule has 3 aromatic rings. The minimum Gasteiger partial charge on any atom is -0.486 e. The standard InChI is InChI=1S/C21H20N2O5/c1-14-2-5-17(6-3-14)27-13-21(24)22-12-16-11-19(28-23-16)15-4-7-18-20(10-15)26-9-8-25-18/h2-7,10-11H,8-9,12-13H2,1H3,(H,22,24). The second kappa shape index (κ2) is 8.04. The van der Waals surface area contributed by atoms with Crippen molar-refractivity contribution in [2.75, 3.05) is 19.8 Å². The van der Waals surface area contributed by atoms with Crippen LogP contribution < -0.4 is 19.5 Å². The van der Waals surface area contributed by atoms with Crippen molar-refractivity contribution in [1.29, 1.82) is 0 Å². The van der Waals surface area contributed by atoms with Crippen LogP contribution in [0.25, 0.3) is 11.3 Å². The van der Waals surface area contributed by atoms with Crippen molar-refractivity contribution >= 4 is 5.91 Å². The summed E-state index contributed by atoms with van der Waals surface area (Å²) in [5.74, 6) is 2.42. The zero-order chi connectivity index (χ0) is 19.3. The maximum atomic E-state index is 12.0. The third-order valence-electron chi connectivity index (χ3n) is 4.24. The van der Waals surface area contributed by atoms with Crippen LogP contribution in [-0.2, 0) is 11.3 Å². The summed E-state index contributed by atoms with van der Waals surface area (Å²) in [5.41, 5.74) is 2.59. The lowest BCUT2D eigenvalue weighted by atomic mass is 10.1. The van der Waals surface area contributed by atoms with Crippen LogP contribution in [0.1, 0.15) is 11.3 Å². The Morgan fingerprint density at radius 3 is 2.68 bits per heavy atom. The molecule has 0 fully saturated rings. The topological polar surface area (TPSA) is 82.8 Å². The summed E-state index contributed by atoms with van der Waals surface area (Å²) in [6.45, 7) is 3.26. The Labute approximate surface area is 162 Å². The lowest BCUT2D eigenvalue weighted by Crippen LogP contribution is -2.28. The fourth-order valence-corrected chi connectivity index (χ4v) is 2.75. The first-order valence-electron chi connectivity index (χ1n) is 8.99. The summed E-state index contributed by atoms with van der Waals surface area (Å²) in [5, 5.41) is 6.77. The van der Waals surface area contributed by atoms with E-state index >= 15 is 0 Å². The highest BCUT2D eigenvalue weighted by Crippen LogP contribution is 2.34. The van der Waals surface area contributed by atoms with Crippen molar-refractivity contribution in [2.24, 2.45) is 0 Å². The van der Waals surface area contributed by atoms with E-state index < -0.39 is 0 Å². The van der Waals surface area contributed by atoms with Crippen LogP contribution in [0.15, 0.2) is 53.1 Å². The van der Waals surface area contributed by atoms with Gasteiger partial charge in [0.1, 0.15) is 24.7 Å². The van der Waals surface area contributed by atoms with Crippen LogP contribution in [0.2, 0.25) is 0 Å². The van der Waals surface area contributed by atoms with Crippen molar-refractivity contribution in [1.82, 2.24) is 10.5 Å². The fraction of sp³-hybridized carbons (Fsp3) is 0.238. The van der Waals surface area contributed by atoms with E-state index in [4.69, 9.17) is 18.7 Å². The number of benzene rings is 2. The Bertz CT molecular complexity index is 965. The Balaban J connectivity index is 1.31. The summed E-state index contributed by atoms with van der Waals surface area (Å²) in [4.78, 5) is 12.0. The van der Waals surface area contributed by atoms with Gasteiger partial charge in [-0.05, 0) is 37.3 Å². The summed E-state index contributed by atoms with van der Waals surface area (Å²) >= 11 is 0. The summed E-state index contributed by atoms with van der Waals surface area (Å²) < 4.78 is 21.9. The normalized spacial score (nSPS) is 12.5. The number of carbonyl (C=O) groups excluding carboxylic acids is 1. The molecule has 0 saturated heterocycles. The molecule has 0 aliphatic carbocycles. The van der Waals surface area contributed by atoms with Gasteiger partial charge in [0, 0.05) is 11.6 Å². The number of hydrogen-bond acceptors (Lipinski definition) is 6. The molecule has 0 saturated carbocycles. The fourth-order valence-electron chi connectivity index (χ4n) is 2.75. The maximum absolute atomic E-state index is 12.0. The lowest BCUT2D eigenvalue weighted by molar-refractivity contribution is -0.123. The van der Waals surface area contributed by atoms with Crippen LogP contribution in [0, 0.1) is 6.92 Å². The highest BCUT2D eigenvalue weighted by molar-refractivity contribution is 5.77. The molecule has 1 amide bonds. The first-order chi connectivity index (χ1) is 13.7. The van der Waals surface area contributed by atoms with Gasteiger partial charge in [-0.25, -0.2) is 0 Å². The van der Waals surface area contributed by atoms with E-state index in [1.54, 1.807) is 6.07 Å². The average Bonchev–Trinajstić information content (AvgIpc) is 3.20. The first-order valence-corrected chi connectivity index (χ1v) is 8.99. The van der Waals surface area contributed by atoms with E-state index in [1.165, 1.54) is 0 Å². The molecule has 7 heteroatoms. The molecule has 144 valence electrons. The third-order valence-corrected chi connectivity index (χ3v) is 4.24. The van der Waals surface area contributed by atoms with Gasteiger partial charge in [0.2, 0.25) is 0 Å². The molecule has 28 heavy (non-hydrogen) atoms. The molecular weight excluding hydrogens is 360 g/mol. The first kappa shape index (κ1) is 17.9.